The summed E-state index contributed by atoms with van der Waals surface area (Å²) in [6, 6.07) is 5.05. The van der Waals surface area contributed by atoms with Gasteiger partial charge in [-0.05, 0) is 63.5 Å². The van der Waals surface area contributed by atoms with Crippen LogP contribution < -0.4 is 4.74 Å². The molecule has 2 heterocycles. The first-order valence-corrected chi connectivity index (χ1v) is 10.2. The molecule has 1 aromatic rings. The minimum atomic E-state index is -3.55. The van der Waals surface area contributed by atoms with E-state index in [2.05, 4.69) is 4.90 Å². The number of sulfonamides is 1. The van der Waals surface area contributed by atoms with E-state index in [1.807, 2.05) is 14.0 Å². The minimum absolute atomic E-state index is 0.0640. The van der Waals surface area contributed by atoms with Gasteiger partial charge in [0.1, 0.15) is 5.75 Å². The lowest BCUT2D eigenvalue weighted by Gasteiger charge is -2.53. The first-order chi connectivity index (χ1) is 11.8. The maximum absolute atomic E-state index is 13.1. The number of fused-ring (bicyclic) bond motifs is 1. The molecule has 2 saturated heterocycles. The number of methoxy groups -OCH3 is 1. The van der Waals surface area contributed by atoms with Crippen LogP contribution in [0.4, 0.5) is 0 Å². The number of ether oxygens (including phenoxy) is 1. The molecule has 2 aliphatic rings. The van der Waals surface area contributed by atoms with Gasteiger partial charge in [0.05, 0.1) is 18.6 Å². The number of piperidine rings is 2. The number of benzene rings is 1. The molecule has 1 N–H and O–H groups in total. The van der Waals surface area contributed by atoms with Gasteiger partial charge in [-0.2, -0.15) is 4.31 Å². The maximum Gasteiger partial charge on any atom is 0.243 e. The largest absolute Gasteiger partial charge is 0.496 e. The Balaban J connectivity index is 1.88. The van der Waals surface area contributed by atoms with Gasteiger partial charge >= 0.3 is 0 Å². The van der Waals surface area contributed by atoms with Gasteiger partial charge in [0.15, 0.2) is 0 Å². The van der Waals surface area contributed by atoms with E-state index < -0.39 is 10.0 Å². The van der Waals surface area contributed by atoms with Gasteiger partial charge < -0.3 is 14.7 Å². The van der Waals surface area contributed by atoms with Gasteiger partial charge in [0.25, 0.3) is 0 Å². The summed E-state index contributed by atoms with van der Waals surface area (Å²) >= 11 is 0. The summed E-state index contributed by atoms with van der Waals surface area (Å²) in [5, 5.41) is 9.99. The average Bonchev–Trinajstić information content (AvgIpc) is 2.61. The van der Waals surface area contributed by atoms with Crippen LogP contribution in [-0.4, -0.2) is 69.2 Å². The molecule has 3 rings (SSSR count). The van der Waals surface area contributed by atoms with Crippen molar-refractivity contribution in [1.82, 2.24) is 9.21 Å². The van der Waals surface area contributed by atoms with Crippen molar-refractivity contribution < 1.29 is 18.3 Å². The van der Waals surface area contributed by atoms with E-state index in [9.17, 15) is 13.5 Å². The quantitative estimate of drug-likeness (QED) is 0.872. The Morgan fingerprint density at radius 3 is 2.72 bits per heavy atom. The van der Waals surface area contributed by atoms with E-state index in [-0.39, 0.29) is 18.1 Å². The maximum atomic E-state index is 13.1. The van der Waals surface area contributed by atoms with Gasteiger partial charge in [0, 0.05) is 24.5 Å². The van der Waals surface area contributed by atoms with Crippen LogP contribution in [0.5, 0.6) is 5.75 Å². The molecule has 0 aliphatic carbocycles. The van der Waals surface area contributed by atoms with E-state index in [0.29, 0.717) is 30.2 Å². The molecular weight excluding hydrogens is 340 g/mol. The number of rotatable bonds is 4. The molecule has 140 valence electrons. The van der Waals surface area contributed by atoms with Gasteiger partial charge in [-0.3, -0.25) is 0 Å². The van der Waals surface area contributed by atoms with E-state index in [1.165, 1.54) is 0 Å². The second-order valence-corrected chi connectivity index (χ2v) is 9.30. The van der Waals surface area contributed by atoms with Crippen LogP contribution in [0.25, 0.3) is 0 Å². The van der Waals surface area contributed by atoms with Crippen LogP contribution in [0.3, 0.4) is 0 Å². The van der Waals surface area contributed by atoms with Crippen molar-refractivity contribution in [2.24, 2.45) is 5.41 Å². The summed E-state index contributed by atoms with van der Waals surface area (Å²) in [6.07, 6.45) is 2.72. The molecule has 0 unspecified atom stereocenters. The molecule has 0 aromatic heterocycles. The Kier molecular flexibility index (Phi) is 5.12. The molecule has 0 spiro atoms. The molecule has 1 aromatic carbocycles. The van der Waals surface area contributed by atoms with Crippen LogP contribution in [0.2, 0.25) is 0 Å². The first-order valence-electron chi connectivity index (χ1n) is 8.80. The summed E-state index contributed by atoms with van der Waals surface area (Å²) in [4.78, 5) is 2.52. The van der Waals surface area contributed by atoms with Crippen molar-refractivity contribution in [3.63, 3.8) is 0 Å². The zero-order valence-electron chi connectivity index (χ0n) is 15.2. The SMILES string of the molecule is COc1ccc(S(=O)(=O)N2CC[C@@]3(CO)CCCN(C)[C@@H]3C2)cc1C. The lowest BCUT2D eigenvalue weighted by molar-refractivity contribution is -0.0508. The van der Waals surface area contributed by atoms with Crippen molar-refractivity contribution in [3.8, 4) is 5.75 Å². The van der Waals surface area contributed by atoms with Crippen molar-refractivity contribution >= 4 is 10.0 Å². The third-order valence-corrected chi connectivity index (χ3v) is 7.84. The number of likely N-dealkylation sites (tertiary alicyclic amines) is 1. The number of likely N-dealkylation sites (N-methyl/N-ethyl adjacent to an activating group) is 1. The standard InChI is InChI=1S/C18H28N2O4S/c1-14-11-15(5-6-16(14)24-3)25(22,23)20-10-8-18(13-21)7-4-9-19(2)17(18)12-20/h5-6,11,17,21H,4,7-10,12-13H2,1-3H3/t17-,18-/m1/s1. The normalized spacial score (nSPS) is 28.6. The summed E-state index contributed by atoms with van der Waals surface area (Å²) in [6.45, 7) is 3.81. The Hall–Kier alpha value is -1.15. The summed E-state index contributed by atoms with van der Waals surface area (Å²) in [5.74, 6) is 0.684. The molecule has 7 heteroatoms. The van der Waals surface area contributed by atoms with Gasteiger partial charge in [-0.15, -0.1) is 0 Å². The molecule has 2 fully saturated rings. The fraction of sp³-hybridized carbons (Fsp3) is 0.667. The lowest BCUT2D eigenvalue weighted by atomic mass is 9.69. The molecule has 0 saturated carbocycles. The summed E-state index contributed by atoms with van der Waals surface area (Å²) < 4.78 is 33.0. The van der Waals surface area contributed by atoms with Crippen LogP contribution >= 0.6 is 0 Å². The third kappa shape index (κ3) is 3.18. The van der Waals surface area contributed by atoms with Crippen LogP contribution in [0.15, 0.2) is 23.1 Å². The molecule has 0 radical (unpaired) electrons. The lowest BCUT2D eigenvalue weighted by Crippen LogP contribution is -2.62. The fourth-order valence-electron chi connectivity index (χ4n) is 4.37. The molecule has 25 heavy (non-hydrogen) atoms. The Morgan fingerprint density at radius 2 is 2.08 bits per heavy atom. The van der Waals surface area contributed by atoms with E-state index in [0.717, 1.165) is 24.9 Å². The highest BCUT2D eigenvalue weighted by atomic mass is 32.2. The highest BCUT2D eigenvalue weighted by Gasteiger charge is 2.48. The predicted octanol–water partition coefficient (Wildman–Crippen LogP) is 1.47. The zero-order valence-corrected chi connectivity index (χ0v) is 16.1. The Morgan fingerprint density at radius 1 is 1.32 bits per heavy atom. The van der Waals surface area contributed by atoms with Crippen LogP contribution in [0, 0.1) is 12.3 Å². The van der Waals surface area contributed by atoms with Crippen LogP contribution in [-0.2, 0) is 10.0 Å². The Bertz CT molecular complexity index is 737. The van der Waals surface area contributed by atoms with E-state index >= 15 is 0 Å². The number of aryl methyl sites for hydroxylation is 1. The van der Waals surface area contributed by atoms with E-state index in [1.54, 1.807) is 29.6 Å². The van der Waals surface area contributed by atoms with Crippen molar-refractivity contribution in [1.29, 1.82) is 0 Å². The fourth-order valence-corrected chi connectivity index (χ4v) is 5.90. The number of hydrogen-bond acceptors (Lipinski definition) is 5. The number of aliphatic hydroxyl groups excluding tert-OH is 1. The molecule has 2 atom stereocenters. The second kappa shape index (κ2) is 6.87. The monoisotopic (exact) mass is 368 g/mol. The molecule has 0 amide bonds. The smallest absolute Gasteiger partial charge is 0.243 e. The zero-order chi connectivity index (χ0) is 18.2. The number of aliphatic hydroxyl groups is 1. The third-order valence-electron chi connectivity index (χ3n) is 5.98. The summed E-state index contributed by atoms with van der Waals surface area (Å²) in [7, 11) is 0.0585. The number of nitrogens with zero attached hydrogens (tertiary/aromatic N) is 2. The predicted molar refractivity (Wildman–Crippen MR) is 96.3 cm³/mol. The number of hydrogen-bond donors (Lipinski definition) is 1. The molecule has 0 bridgehead atoms. The van der Waals surface area contributed by atoms with Crippen molar-refractivity contribution in [2.45, 2.75) is 37.1 Å². The highest BCUT2D eigenvalue weighted by molar-refractivity contribution is 7.89. The van der Waals surface area contributed by atoms with Crippen molar-refractivity contribution in [3.05, 3.63) is 23.8 Å². The van der Waals surface area contributed by atoms with Crippen molar-refractivity contribution in [2.75, 3.05) is 40.4 Å². The van der Waals surface area contributed by atoms with Gasteiger partial charge in [0.2, 0.25) is 10.0 Å². The second-order valence-electron chi connectivity index (χ2n) is 7.36. The van der Waals surface area contributed by atoms with Crippen LogP contribution in [0.1, 0.15) is 24.8 Å². The van der Waals surface area contributed by atoms with E-state index in [4.69, 9.17) is 4.74 Å². The minimum Gasteiger partial charge on any atom is -0.496 e. The summed E-state index contributed by atoms with van der Waals surface area (Å²) in [5.41, 5.74) is 0.634. The molecular formula is C18H28N2O4S. The Labute approximate surface area is 150 Å². The van der Waals surface area contributed by atoms with Gasteiger partial charge in [-0.1, -0.05) is 0 Å². The molecule has 6 nitrogen and oxygen atoms in total. The highest BCUT2D eigenvalue weighted by Crippen LogP contribution is 2.42. The average molecular weight is 368 g/mol. The molecule has 2 aliphatic heterocycles. The van der Waals surface area contributed by atoms with Gasteiger partial charge in [-0.25, -0.2) is 8.42 Å². The topological polar surface area (TPSA) is 70.1 Å². The first kappa shape index (κ1) is 18.6.